The molecule has 1 aromatic heterocycles. The van der Waals surface area contributed by atoms with Crippen LogP contribution in [0.4, 0.5) is 4.79 Å². The Morgan fingerprint density at radius 3 is 3.18 bits per heavy atom. The summed E-state index contributed by atoms with van der Waals surface area (Å²) in [6.07, 6.45) is 1.68. The number of aliphatic hydroxyl groups is 1. The molecule has 0 radical (unpaired) electrons. The van der Waals surface area contributed by atoms with Crippen LogP contribution in [0.3, 0.4) is 0 Å². The number of nitrogens with one attached hydrogen (secondary N) is 1. The van der Waals surface area contributed by atoms with E-state index in [2.05, 4.69) is 20.4 Å². The lowest BCUT2D eigenvalue weighted by Crippen LogP contribution is -2.23. The minimum absolute atomic E-state index is 0.137. The molecular formula is C9H17N5O3. The number of carbonyl (C=O) groups is 1. The van der Waals surface area contributed by atoms with Crippen LogP contribution in [0.2, 0.25) is 0 Å². The quantitative estimate of drug-likeness (QED) is 0.496. The lowest BCUT2D eigenvalue weighted by molar-refractivity contribution is 0.157. The lowest BCUT2D eigenvalue weighted by atomic mass is 10.4. The van der Waals surface area contributed by atoms with E-state index in [0.29, 0.717) is 26.1 Å². The van der Waals surface area contributed by atoms with E-state index in [9.17, 15) is 4.79 Å². The van der Waals surface area contributed by atoms with Gasteiger partial charge in [-0.15, -0.1) is 5.10 Å². The molecule has 0 aliphatic rings. The number of aromatic nitrogens is 3. The van der Waals surface area contributed by atoms with Crippen molar-refractivity contribution in [2.24, 2.45) is 5.73 Å². The fourth-order valence-corrected chi connectivity index (χ4v) is 1.20. The molecular weight excluding hydrogens is 226 g/mol. The van der Waals surface area contributed by atoms with E-state index in [1.165, 1.54) is 0 Å². The van der Waals surface area contributed by atoms with E-state index >= 15 is 0 Å². The summed E-state index contributed by atoms with van der Waals surface area (Å²) >= 11 is 0. The van der Waals surface area contributed by atoms with Gasteiger partial charge in [-0.1, -0.05) is 5.21 Å². The number of hydrogen-bond acceptors (Lipinski definition) is 6. The summed E-state index contributed by atoms with van der Waals surface area (Å²) in [6.45, 7) is 2.06. The van der Waals surface area contributed by atoms with E-state index in [1.807, 2.05) is 0 Å². The number of nitrogens with two attached hydrogens (primary N) is 1. The molecule has 0 atom stereocenters. The molecule has 0 saturated heterocycles. The highest BCUT2D eigenvalue weighted by Crippen LogP contribution is 1.93. The van der Waals surface area contributed by atoms with Crippen LogP contribution < -0.4 is 11.1 Å². The highest BCUT2D eigenvalue weighted by atomic mass is 16.5. The van der Waals surface area contributed by atoms with Crippen LogP contribution in [0.5, 0.6) is 0 Å². The molecule has 8 nitrogen and oxygen atoms in total. The Balaban J connectivity index is 2.14. The molecule has 0 aliphatic heterocycles. The van der Waals surface area contributed by atoms with Crippen LogP contribution in [0.25, 0.3) is 0 Å². The Morgan fingerprint density at radius 2 is 2.47 bits per heavy atom. The zero-order valence-electron chi connectivity index (χ0n) is 9.50. The third-order valence-corrected chi connectivity index (χ3v) is 1.96. The van der Waals surface area contributed by atoms with Crippen LogP contribution >= 0.6 is 0 Å². The van der Waals surface area contributed by atoms with Crippen molar-refractivity contribution in [3.8, 4) is 0 Å². The van der Waals surface area contributed by atoms with Gasteiger partial charge >= 0.3 is 6.09 Å². The second-order valence-electron chi connectivity index (χ2n) is 3.39. The summed E-state index contributed by atoms with van der Waals surface area (Å²) in [5.41, 5.74) is 5.59. The number of hydrogen-bond donors (Lipinski definition) is 3. The van der Waals surface area contributed by atoms with Gasteiger partial charge in [-0.25, -0.2) is 4.79 Å². The summed E-state index contributed by atoms with van der Waals surface area (Å²) in [7, 11) is 0. The molecule has 0 unspecified atom stereocenters. The molecule has 1 amide bonds. The minimum Gasteiger partial charge on any atom is -0.448 e. The number of aryl methyl sites for hydroxylation is 1. The highest BCUT2D eigenvalue weighted by molar-refractivity contribution is 5.64. The van der Waals surface area contributed by atoms with Gasteiger partial charge in [0.1, 0.15) is 6.61 Å². The number of amides is 1. The first kappa shape index (κ1) is 13.4. The van der Waals surface area contributed by atoms with Crippen LogP contribution in [-0.2, 0) is 17.8 Å². The van der Waals surface area contributed by atoms with Crippen molar-refractivity contribution >= 4 is 6.09 Å². The number of primary amides is 1. The zero-order valence-corrected chi connectivity index (χ0v) is 9.50. The first-order valence-electron chi connectivity index (χ1n) is 5.35. The predicted octanol–water partition coefficient (Wildman–Crippen LogP) is -1.15. The Hall–Kier alpha value is -1.67. The second kappa shape index (κ2) is 7.58. The Labute approximate surface area is 98.7 Å². The van der Waals surface area contributed by atoms with Crippen LogP contribution in [0.15, 0.2) is 6.20 Å². The monoisotopic (exact) mass is 243 g/mol. The molecule has 0 fully saturated rings. The molecule has 1 rings (SSSR count). The molecule has 17 heavy (non-hydrogen) atoms. The van der Waals surface area contributed by atoms with Crippen molar-refractivity contribution < 1.29 is 14.6 Å². The minimum atomic E-state index is -0.776. The van der Waals surface area contributed by atoms with Crippen molar-refractivity contribution in [2.45, 2.75) is 19.5 Å². The van der Waals surface area contributed by atoms with Gasteiger partial charge in [0.25, 0.3) is 0 Å². The second-order valence-corrected chi connectivity index (χ2v) is 3.39. The fourth-order valence-electron chi connectivity index (χ4n) is 1.20. The molecule has 8 heteroatoms. The van der Waals surface area contributed by atoms with E-state index in [0.717, 1.165) is 5.69 Å². The zero-order chi connectivity index (χ0) is 12.5. The number of rotatable bonds is 8. The number of nitrogens with zero attached hydrogens (tertiary/aromatic N) is 3. The first-order valence-corrected chi connectivity index (χ1v) is 5.35. The maximum atomic E-state index is 10.3. The van der Waals surface area contributed by atoms with Gasteiger partial charge in [0, 0.05) is 32.4 Å². The summed E-state index contributed by atoms with van der Waals surface area (Å²) in [6, 6.07) is 0. The maximum absolute atomic E-state index is 10.3. The molecule has 1 heterocycles. The average Bonchev–Trinajstić information content (AvgIpc) is 2.73. The standard InChI is InChI=1S/C9H17N5O3/c10-9(16)17-5-2-11-6-8-7-14(13-12-8)3-1-4-15/h7,11,15H,1-6H2,(H2,10,16). The van der Waals surface area contributed by atoms with Gasteiger partial charge in [-0.2, -0.15) is 0 Å². The number of aliphatic hydroxyl groups excluding tert-OH is 1. The molecule has 0 aromatic carbocycles. The summed E-state index contributed by atoms with van der Waals surface area (Å²) < 4.78 is 6.22. The summed E-state index contributed by atoms with van der Waals surface area (Å²) in [5, 5.41) is 19.5. The molecule has 96 valence electrons. The predicted molar refractivity (Wildman–Crippen MR) is 59.0 cm³/mol. The lowest BCUT2D eigenvalue weighted by Gasteiger charge is -2.02. The van der Waals surface area contributed by atoms with Crippen molar-refractivity contribution in [3.05, 3.63) is 11.9 Å². The van der Waals surface area contributed by atoms with Crippen LogP contribution in [0, 0.1) is 0 Å². The summed E-state index contributed by atoms with van der Waals surface area (Å²) in [4.78, 5) is 10.3. The van der Waals surface area contributed by atoms with Gasteiger partial charge in [-0.3, -0.25) is 4.68 Å². The number of ether oxygens (including phenoxy) is 1. The Morgan fingerprint density at radius 1 is 1.65 bits per heavy atom. The topological polar surface area (TPSA) is 115 Å². The first-order chi connectivity index (χ1) is 8.22. The van der Waals surface area contributed by atoms with Gasteiger partial charge < -0.3 is 20.9 Å². The highest BCUT2D eigenvalue weighted by Gasteiger charge is 2.00. The molecule has 0 aliphatic carbocycles. The smallest absolute Gasteiger partial charge is 0.404 e. The van der Waals surface area contributed by atoms with E-state index < -0.39 is 6.09 Å². The number of carbonyl (C=O) groups excluding carboxylic acids is 1. The van der Waals surface area contributed by atoms with Crippen molar-refractivity contribution in [2.75, 3.05) is 19.8 Å². The Bertz CT molecular complexity index is 341. The molecule has 1 aromatic rings. The molecule has 0 bridgehead atoms. The summed E-state index contributed by atoms with van der Waals surface area (Å²) in [5.74, 6) is 0. The molecule has 4 N–H and O–H groups in total. The SMILES string of the molecule is NC(=O)OCCNCc1cn(CCCO)nn1. The average molecular weight is 243 g/mol. The van der Waals surface area contributed by atoms with Crippen molar-refractivity contribution in [1.82, 2.24) is 20.3 Å². The third kappa shape index (κ3) is 5.83. The van der Waals surface area contributed by atoms with Crippen molar-refractivity contribution in [1.29, 1.82) is 0 Å². The van der Waals surface area contributed by atoms with E-state index in [-0.39, 0.29) is 13.2 Å². The largest absolute Gasteiger partial charge is 0.448 e. The maximum Gasteiger partial charge on any atom is 0.404 e. The molecule has 0 saturated carbocycles. The van der Waals surface area contributed by atoms with Crippen LogP contribution in [0.1, 0.15) is 12.1 Å². The van der Waals surface area contributed by atoms with E-state index in [1.54, 1.807) is 10.9 Å². The third-order valence-electron chi connectivity index (χ3n) is 1.96. The Kier molecular flexibility index (Phi) is 5.97. The van der Waals surface area contributed by atoms with Gasteiger partial charge in [0.15, 0.2) is 0 Å². The fraction of sp³-hybridized carbons (Fsp3) is 0.667. The van der Waals surface area contributed by atoms with Gasteiger partial charge in [0.2, 0.25) is 0 Å². The van der Waals surface area contributed by atoms with E-state index in [4.69, 9.17) is 10.8 Å². The van der Waals surface area contributed by atoms with Gasteiger partial charge in [-0.05, 0) is 6.42 Å². The normalized spacial score (nSPS) is 10.4. The molecule has 0 spiro atoms. The van der Waals surface area contributed by atoms with Gasteiger partial charge in [0.05, 0.1) is 5.69 Å². The van der Waals surface area contributed by atoms with Crippen molar-refractivity contribution in [3.63, 3.8) is 0 Å². The van der Waals surface area contributed by atoms with Crippen LogP contribution in [-0.4, -0.2) is 46.0 Å².